The van der Waals surface area contributed by atoms with Crippen LogP contribution in [0, 0.1) is 0 Å². The van der Waals surface area contributed by atoms with Crippen molar-refractivity contribution in [2.45, 2.75) is 13.3 Å². The van der Waals surface area contributed by atoms with Crippen LogP contribution in [-0.2, 0) is 0 Å². The zero-order chi connectivity index (χ0) is 10.6. The standard InChI is InChI=1S/C11H17NOS/c1-4-9(8-13)7-10-5-6-11(14-10)12(2)3/h5-7,13H,4,8H2,1-3H3. The molecule has 1 aromatic heterocycles. The smallest absolute Gasteiger partial charge is 0.0909 e. The zero-order valence-corrected chi connectivity index (χ0v) is 9.77. The normalized spacial score (nSPS) is 11.9. The Morgan fingerprint density at radius 3 is 2.64 bits per heavy atom. The Labute approximate surface area is 89.5 Å². The third-order valence-electron chi connectivity index (χ3n) is 2.06. The van der Waals surface area contributed by atoms with E-state index >= 15 is 0 Å². The van der Waals surface area contributed by atoms with Gasteiger partial charge in [-0.3, -0.25) is 0 Å². The summed E-state index contributed by atoms with van der Waals surface area (Å²) in [7, 11) is 4.07. The molecule has 1 rings (SSSR count). The van der Waals surface area contributed by atoms with Crippen molar-refractivity contribution in [2.75, 3.05) is 25.6 Å². The Hall–Kier alpha value is -0.800. The second-order valence-corrected chi connectivity index (χ2v) is 4.48. The van der Waals surface area contributed by atoms with Crippen LogP contribution in [0.2, 0.25) is 0 Å². The van der Waals surface area contributed by atoms with Gasteiger partial charge < -0.3 is 10.0 Å². The van der Waals surface area contributed by atoms with Crippen molar-refractivity contribution in [3.63, 3.8) is 0 Å². The van der Waals surface area contributed by atoms with E-state index in [1.807, 2.05) is 14.1 Å². The van der Waals surface area contributed by atoms with Crippen LogP contribution >= 0.6 is 11.3 Å². The number of nitrogens with zero attached hydrogens (tertiary/aromatic N) is 1. The van der Waals surface area contributed by atoms with E-state index in [0.717, 1.165) is 12.0 Å². The Balaban J connectivity index is 2.81. The Kier molecular flexibility index (Phi) is 4.17. The molecule has 0 fully saturated rings. The van der Waals surface area contributed by atoms with Gasteiger partial charge in [0.1, 0.15) is 0 Å². The number of thiophene rings is 1. The van der Waals surface area contributed by atoms with E-state index in [1.54, 1.807) is 11.3 Å². The maximum atomic E-state index is 9.03. The molecule has 0 aliphatic carbocycles. The van der Waals surface area contributed by atoms with Gasteiger partial charge in [0, 0.05) is 19.0 Å². The minimum Gasteiger partial charge on any atom is -0.392 e. The first kappa shape index (κ1) is 11.3. The molecule has 0 unspecified atom stereocenters. The summed E-state index contributed by atoms with van der Waals surface area (Å²) in [5, 5.41) is 10.3. The van der Waals surface area contributed by atoms with Crippen molar-refractivity contribution in [1.82, 2.24) is 0 Å². The van der Waals surface area contributed by atoms with E-state index in [9.17, 15) is 0 Å². The quantitative estimate of drug-likeness (QED) is 0.827. The van der Waals surface area contributed by atoms with Crippen molar-refractivity contribution in [2.24, 2.45) is 0 Å². The van der Waals surface area contributed by atoms with Gasteiger partial charge in [0.25, 0.3) is 0 Å². The Morgan fingerprint density at radius 1 is 1.50 bits per heavy atom. The van der Waals surface area contributed by atoms with Crippen LogP contribution in [0.4, 0.5) is 5.00 Å². The van der Waals surface area contributed by atoms with Gasteiger partial charge in [-0.15, -0.1) is 11.3 Å². The van der Waals surface area contributed by atoms with E-state index < -0.39 is 0 Å². The molecule has 0 spiro atoms. The molecule has 14 heavy (non-hydrogen) atoms. The van der Waals surface area contributed by atoms with Gasteiger partial charge in [-0.25, -0.2) is 0 Å². The molecule has 0 amide bonds. The van der Waals surface area contributed by atoms with Crippen LogP contribution in [0.5, 0.6) is 0 Å². The lowest BCUT2D eigenvalue weighted by Crippen LogP contribution is -2.05. The maximum Gasteiger partial charge on any atom is 0.0909 e. The molecule has 1 N–H and O–H groups in total. The SMILES string of the molecule is CCC(=Cc1ccc(N(C)C)s1)CO. The molecule has 0 bridgehead atoms. The van der Waals surface area contributed by atoms with E-state index in [1.165, 1.54) is 9.88 Å². The minimum absolute atomic E-state index is 0.158. The first-order chi connectivity index (χ1) is 6.67. The fourth-order valence-electron chi connectivity index (χ4n) is 1.12. The van der Waals surface area contributed by atoms with Crippen LogP contribution in [0.25, 0.3) is 6.08 Å². The average molecular weight is 211 g/mol. The third kappa shape index (κ3) is 2.86. The molecule has 3 heteroatoms. The zero-order valence-electron chi connectivity index (χ0n) is 8.95. The maximum absolute atomic E-state index is 9.03. The van der Waals surface area contributed by atoms with Crippen LogP contribution in [0.3, 0.4) is 0 Å². The number of aliphatic hydroxyl groups excluding tert-OH is 1. The topological polar surface area (TPSA) is 23.5 Å². The summed E-state index contributed by atoms with van der Waals surface area (Å²) >= 11 is 1.74. The predicted molar refractivity (Wildman–Crippen MR) is 64.0 cm³/mol. The van der Waals surface area contributed by atoms with E-state index in [-0.39, 0.29) is 6.61 Å². The predicted octanol–water partition coefficient (Wildman–Crippen LogP) is 2.60. The van der Waals surface area contributed by atoms with Gasteiger partial charge in [-0.1, -0.05) is 6.92 Å². The first-order valence-corrected chi connectivity index (χ1v) is 5.56. The van der Waals surface area contributed by atoms with Crippen molar-refractivity contribution >= 4 is 22.4 Å². The molecule has 0 aromatic carbocycles. The molecule has 1 heterocycles. The molecule has 1 aromatic rings. The third-order valence-corrected chi connectivity index (χ3v) is 3.26. The van der Waals surface area contributed by atoms with Gasteiger partial charge >= 0.3 is 0 Å². The van der Waals surface area contributed by atoms with E-state index in [2.05, 4.69) is 30.0 Å². The number of hydrogen-bond donors (Lipinski definition) is 1. The highest BCUT2D eigenvalue weighted by Crippen LogP contribution is 2.26. The van der Waals surface area contributed by atoms with Crippen LogP contribution in [-0.4, -0.2) is 25.8 Å². The van der Waals surface area contributed by atoms with Gasteiger partial charge in [-0.05, 0) is 30.2 Å². The molecule has 0 radical (unpaired) electrons. The molecular formula is C11H17NOS. The molecule has 0 atom stereocenters. The highest BCUT2D eigenvalue weighted by atomic mass is 32.1. The molecule has 78 valence electrons. The van der Waals surface area contributed by atoms with Crippen molar-refractivity contribution in [1.29, 1.82) is 0 Å². The van der Waals surface area contributed by atoms with Gasteiger partial charge in [0.05, 0.1) is 11.6 Å². The number of aliphatic hydroxyl groups is 1. The minimum atomic E-state index is 0.158. The fourth-order valence-corrected chi connectivity index (χ4v) is 2.04. The lowest BCUT2D eigenvalue weighted by Gasteiger charge is -2.06. The molecule has 0 aliphatic rings. The van der Waals surface area contributed by atoms with Crippen molar-refractivity contribution < 1.29 is 5.11 Å². The fraction of sp³-hybridized carbons (Fsp3) is 0.455. The molecule has 0 saturated heterocycles. The van der Waals surface area contributed by atoms with E-state index in [4.69, 9.17) is 5.11 Å². The molecule has 0 aliphatic heterocycles. The molecular weight excluding hydrogens is 194 g/mol. The monoisotopic (exact) mass is 211 g/mol. The average Bonchev–Trinajstić information content (AvgIpc) is 2.62. The summed E-state index contributed by atoms with van der Waals surface area (Å²) < 4.78 is 0. The number of rotatable bonds is 4. The number of hydrogen-bond acceptors (Lipinski definition) is 3. The molecule has 0 saturated carbocycles. The Morgan fingerprint density at radius 2 is 2.21 bits per heavy atom. The lowest BCUT2D eigenvalue weighted by atomic mass is 10.2. The Bertz CT molecular complexity index is 309. The summed E-state index contributed by atoms with van der Waals surface area (Å²) in [6, 6.07) is 4.19. The van der Waals surface area contributed by atoms with Gasteiger partial charge in [0.15, 0.2) is 0 Å². The highest BCUT2D eigenvalue weighted by Gasteiger charge is 2.00. The summed E-state index contributed by atoms with van der Waals surface area (Å²) in [4.78, 5) is 3.30. The first-order valence-electron chi connectivity index (χ1n) is 4.74. The van der Waals surface area contributed by atoms with Gasteiger partial charge in [-0.2, -0.15) is 0 Å². The summed E-state index contributed by atoms with van der Waals surface area (Å²) in [6.07, 6.45) is 2.98. The van der Waals surface area contributed by atoms with Crippen molar-refractivity contribution in [3.05, 3.63) is 22.6 Å². The molecule has 2 nitrogen and oxygen atoms in total. The summed E-state index contributed by atoms with van der Waals surface area (Å²) in [5.74, 6) is 0. The highest BCUT2D eigenvalue weighted by molar-refractivity contribution is 7.16. The van der Waals surface area contributed by atoms with Crippen LogP contribution in [0.15, 0.2) is 17.7 Å². The van der Waals surface area contributed by atoms with Gasteiger partial charge in [0.2, 0.25) is 0 Å². The van der Waals surface area contributed by atoms with E-state index in [0.29, 0.717) is 0 Å². The second kappa shape index (κ2) is 5.17. The van der Waals surface area contributed by atoms with Crippen LogP contribution in [0.1, 0.15) is 18.2 Å². The lowest BCUT2D eigenvalue weighted by molar-refractivity contribution is 0.329. The number of anilines is 1. The van der Waals surface area contributed by atoms with Crippen LogP contribution < -0.4 is 4.90 Å². The summed E-state index contributed by atoms with van der Waals surface area (Å²) in [6.45, 7) is 2.22. The summed E-state index contributed by atoms with van der Waals surface area (Å²) in [5.41, 5.74) is 1.08. The van der Waals surface area contributed by atoms with Crippen molar-refractivity contribution in [3.8, 4) is 0 Å². The second-order valence-electron chi connectivity index (χ2n) is 3.38. The largest absolute Gasteiger partial charge is 0.392 e.